The molecule has 0 bridgehead atoms. The summed E-state index contributed by atoms with van der Waals surface area (Å²) in [4.78, 5) is 28.0. The molecule has 1 aliphatic heterocycles. The first-order valence-electron chi connectivity index (χ1n) is 13.1. The molecular weight excluding hydrogens is 464 g/mol. The summed E-state index contributed by atoms with van der Waals surface area (Å²) >= 11 is 0. The first-order valence-corrected chi connectivity index (χ1v) is 13.1. The van der Waals surface area contributed by atoms with Gasteiger partial charge >= 0.3 is 5.97 Å². The Labute approximate surface area is 218 Å². The van der Waals surface area contributed by atoms with E-state index in [1.54, 1.807) is 0 Å². The van der Waals surface area contributed by atoms with Crippen molar-refractivity contribution in [2.75, 3.05) is 7.11 Å². The van der Waals surface area contributed by atoms with Crippen molar-refractivity contribution in [1.29, 1.82) is 0 Å². The van der Waals surface area contributed by atoms with E-state index in [0.717, 1.165) is 53.7 Å². The fourth-order valence-electron chi connectivity index (χ4n) is 5.49. The van der Waals surface area contributed by atoms with Crippen molar-refractivity contribution in [2.45, 2.75) is 63.4 Å². The molecule has 37 heavy (non-hydrogen) atoms. The normalized spacial score (nSPS) is 18.4. The molecule has 3 aromatic carbocycles. The Morgan fingerprint density at radius 3 is 2.38 bits per heavy atom. The summed E-state index contributed by atoms with van der Waals surface area (Å²) in [5, 5.41) is 3.67. The Morgan fingerprint density at radius 2 is 1.65 bits per heavy atom. The van der Waals surface area contributed by atoms with Crippen LogP contribution in [-0.2, 0) is 16.1 Å². The van der Waals surface area contributed by atoms with Crippen LogP contribution in [0.5, 0.6) is 5.75 Å². The van der Waals surface area contributed by atoms with Gasteiger partial charge in [0.25, 0.3) is 5.91 Å². The third-order valence-electron chi connectivity index (χ3n) is 7.45. The molecule has 2 aliphatic rings. The van der Waals surface area contributed by atoms with Crippen molar-refractivity contribution < 1.29 is 19.1 Å². The van der Waals surface area contributed by atoms with Gasteiger partial charge in [0, 0.05) is 23.2 Å². The zero-order chi connectivity index (χ0) is 25.6. The number of carbonyl (C=O) groups is 2. The quantitative estimate of drug-likeness (QED) is 0.370. The maximum Gasteiger partial charge on any atom is 0.307 e. The lowest BCUT2D eigenvalue weighted by Crippen LogP contribution is -2.45. The van der Waals surface area contributed by atoms with Gasteiger partial charge in [-0.25, -0.2) is 0 Å². The van der Waals surface area contributed by atoms with Gasteiger partial charge < -0.3 is 14.4 Å². The zero-order valence-electron chi connectivity index (χ0n) is 21.3. The monoisotopic (exact) mass is 498 g/mol. The van der Waals surface area contributed by atoms with E-state index in [-0.39, 0.29) is 36.5 Å². The molecule has 0 aromatic heterocycles. The minimum Gasteiger partial charge on any atom is -0.489 e. The zero-order valence-corrected chi connectivity index (χ0v) is 21.3. The smallest absolute Gasteiger partial charge is 0.307 e. The van der Waals surface area contributed by atoms with Crippen molar-refractivity contribution in [3.63, 3.8) is 0 Å². The number of nitrogens with one attached hydrogen (secondary N) is 1. The van der Waals surface area contributed by atoms with Crippen molar-refractivity contribution in [3.05, 3.63) is 101 Å². The molecule has 5 rings (SSSR count). The molecule has 1 fully saturated rings. The standard InChI is InChI=1S/C31H34N2O4/c1-36-29(34)20-28(23-16-18-25(19-17-23)37-21-22-10-4-2-5-11-22)32-30-26-14-8-9-15-27(26)31(35)33(30)24-12-6-3-7-13-24/h2,4-5,8-11,14-19,24,28,30,32H,3,6-7,12-13,20-21H2,1H3/t28-,30+/m1/s1. The predicted octanol–water partition coefficient (Wildman–Crippen LogP) is 5.95. The second-order valence-electron chi connectivity index (χ2n) is 9.84. The Bertz CT molecular complexity index is 1210. The van der Waals surface area contributed by atoms with E-state index >= 15 is 0 Å². The van der Waals surface area contributed by atoms with Gasteiger partial charge in [0.2, 0.25) is 0 Å². The molecule has 6 nitrogen and oxygen atoms in total. The number of rotatable bonds is 9. The van der Waals surface area contributed by atoms with Crippen molar-refractivity contribution >= 4 is 11.9 Å². The van der Waals surface area contributed by atoms with Gasteiger partial charge in [0.1, 0.15) is 18.5 Å². The highest BCUT2D eigenvalue weighted by atomic mass is 16.5. The molecule has 2 atom stereocenters. The van der Waals surface area contributed by atoms with Crippen LogP contribution in [0.2, 0.25) is 0 Å². The molecule has 0 saturated heterocycles. The molecule has 0 unspecified atom stereocenters. The summed E-state index contributed by atoms with van der Waals surface area (Å²) < 4.78 is 11.0. The van der Waals surface area contributed by atoms with E-state index in [1.807, 2.05) is 83.8 Å². The van der Waals surface area contributed by atoms with Crippen LogP contribution in [0.4, 0.5) is 0 Å². The Balaban J connectivity index is 1.38. The van der Waals surface area contributed by atoms with E-state index in [2.05, 4.69) is 5.32 Å². The summed E-state index contributed by atoms with van der Waals surface area (Å²) in [6.45, 7) is 0.487. The van der Waals surface area contributed by atoms with Crippen molar-refractivity contribution in [2.24, 2.45) is 0 Å². The minimum atomic E-state index is -0.328. The number of nitrogens with zero attached hydrogens (tertiary/aromatic N) is 1. The number of fused-ring (bicyclic) bond motifs is 1. The van der Waals surface area contributed by atoms with Crippen LogP contribution in [0.3, 0.4) is 0 Å². The van der Waals surface area contributed by atoms with Gasteiger partial charge in [0.15, 0.2) is 0 Å². The van der Waals surface area contributed by atoms with E-state index in [4.69, 9.17) is 9.47 Å². The number of hydrogen-bond acceptors (Lipinski definition) is 5. The maximum atomic E-state index is 13.5. The number of carbonyl (C=O) groups excluding carboxylic acids is 2. The minimum absolute atomic E-state index is 0.0708. The molecule has 1 saturated carbocycles. The van der Waals surface area contributed by atoms with Gasteiger partial charge in [-0.2, -0.15) is 0 Å². The molecule has 1 N–H and O–H groups in total. The number of ether oxygens (including phenoxy) is 2. The van der Waals surface area contributed by atoms with Gasteiger partial charge in [0.05, 0.1) is 13.5 Å². The first-order chi connectivity index (χ1) is 18.1. The highest BCUT2D eigenvalue weighted by molar-refractivity contribution is 5.99. The van der Waals surface area contributed by atoms with E-state index in [9.17, 15) is 9.59 Å². The Hall–Kier alpha value is -3.64. The van der Waals surface area contributed by atoms with Crippen LogP contribution in [0.1, 0.15) is 77.8 Å². The molecule has 0 radical (unpaired) electrons. The summed E-state index contributed by atoms with van der Waals surface area (Å²) in [6, 6.07) is 25.5. The molecule has 0 spiro atoms. The Kier molecular flexibility index (Phi) is 7.85. The Morgan fingerprint density at radius 1 is 0.946 bits per heavy atom. The fraction of sp³-hybridized carbons (Fsp3) is 0.355. The largest absolute Gasteiger partial charge is 0.489 e. The molecule has 3 aromatic rings. The summed E-state index contributed by atoms with van der Waals surface area (Å²) in [5.41, 5.74) is 3.75. The van der Waals surface area contributed by atoms with E-state index < -0.39 is 0 Å². The molecule has 192 valence electrons. The number of esters is 1. The molecular formula is C31H34N2O4. The highest BCUT2D eigenvalue weighted by Crippen LogP contribution is 2.39. The van der Waals surface area contributed by atoms with Crippen LogP contribution < -0.4 is 10.1 Å². The summed E-state index contributed by atoms with van der Waals surface area (Å²) in [5.74, 6) is 0.528. The maximum absolute atomic E-state index is 13.5. The SMILES string of the molecule is COC(=O)C[C@@H](N[C@@H]1c2ccccc2C(=O)N1C1CCCCC1)c1ccc(OCc2ccccc2)cc1. The second kappa shape index (κ2) is 11.6. The topological polar surface area (TPSA) is 67.9 Å². The van der Waals surface area contributed by atoms with Crippen LogP contribution in [-0.4, -0.2) is 29.9 Å². The first kappa shape index (κ1) is 25.0. The molecule has 1 amide bonds. The van der Waals surface area contributed by atoms with Gasteiger partial charge in [-0.15, -0.1) is 0 Å². The lowest BCUT2D eigenvalue weighted by atomic mass is 9.94. The van der Waals surface area contributed by atoms with Gasteiger partial charge in [-0.1, -0.05) is 79.9 Å². The number of benzene rings is 3. The number of methoxy groups -OCH3 is 1. The fourth-order valence-corrected chi connectivity index (χ4v) is 5.49. The van der Waals surface area contributed by atoms with E-state index in [1.165, 1.54) is 13.5 Å². The second-order valence-corrected chi connectivity index (χ2v) is 9.84. The van der Waals surface area contributed by atoms with Crippen LogP contribution in [0, 0.1) is 0 Å². The average Bonchev–Trinajstić information content (AvgIpc) is 3.24. The van der Waals surface area contributed by atoms with Gasteiger partial charge in [-0.05, 0) is 42.2 Å². The molecule has 6 heteroatoms. The average molecular weight is 499 g/mol. The highest BCUT2D eigenvalue weighted by Gasteiger charge is 2.41. The van der Waals surface area contributed by atoms with Crippen LogP contribution in [0.25, 0.3) is 0 Å². The van der Waals surface area contributed by atoms with Crippen LogP contribution in [0.15, 0.2) is 78.9 Å². The lowest BCUT2D eigenvalue weighted by molar-refractivity contribution is -0.141. The van der Waals surface area contributed by atoms with Gasteiger partial charge in [-0.3, -0.25) is 14.9 Å². The van der Waals surface area contributed by atoms with Crippen molar-refractivity contribution in [3.8, 4) is 5.75 Å². The molecule has 1 heterocycles. The third kappa shape index (κ3) is 5.70. The van der Waals surface area contributed by atoms with Crippen molar-refractivity contribution in [1.82, 2.24) is 10.2 Å². The summed E-state index contributed by atoms with van der Waals surface area (Å²) in [7, 11) is 1.41. The van der Waals surface area contributed by atoms with E-state index in [0.29, 0.717) is 6.61 Å². The summed E-state index contributed by atoms with van der Waals surface area (Å²) in [6.07, 6.45) is 5.36. The van der Waals surface area contributed by atoms with Crippen LogP contribution >= 0.6 is 0 Å². The lowest BCUT2D eigenvalue weighted by Gasteiger charge is -2.38. The molecule has 1 aliphatic carbocycles. The third-order valence-corrected chi connectivity index (χ3v) is 7.45. The number of amides is 1. The number of hydrogen-bond donors (Lipinski definition) is 1. The predicted molar refractivity (Wildman–Crippen MR) is 142 cm³/mol.